The molecule has 0 spiro atoms. The van der Waals surface area contributed by atoms with Gasteiger partial charge in [-0.25, -0.2) is 8.84 Å². The Labute approximate surface area is 178 Å². The van der Waals surface area contributed by atoms with Crippen molar-refractivity contribution in [1.82, 2.24) is 9.55 Å². The highest BCUT2D eigenvalue weighted by atomic mass is 127. The molecule has 142 valence electrons. The van der Waals surface area contributed by atoms with Crippen molar-refractivity contribution in [2.24, 2.45) is 0 Å². The molecule has 0 saturated heterocycles. The quantitative estimate of drug-likeness (QED) is 0.214. The van der Waals surface area contributed by atoms with Crippen molar-refractivity contribution in [1.29, 1.82) is 0 Å². The van der Waals surface area contributed by atoms with Crippen LogP contribution in [0.2, 0.25) is 0 Å². The molecule has 3 aromatic carbocycles. The predicted molar refractivity (Wildman–Crippen MR) is 123 cm³/mol. The van der Waals surface area contributed by atoms with E-state index in [2.05, 4.69) is 40.1 Å². The van der Waals surface area contributed by atoms with Crippen molar-refractivity contribution in [2.45, 2.75) is 20.0 Å². The summed E-state index contributed by atoms with van der Waals surface area (Å²) in [5, 5.41) is 5.50. The van der Waals surface area contributed by atoms with Crippen molar-refractivity contribution in [3.8, 4) is 16.9 Å². The molecule has 0 radical (unpaired) electrons. The fourth-order valence-corrected chi connectivity index (χ4v) is 4.80. The first kappa shape index (κ1) is 19.3. The highest BCUT2D eigenvalue weighted by molar-refractivity contribution is 14.2. The van der Waals surface area contributed by atoms with Crippen LogP contribution in [0.5, 0.6) is 5.75 Å². The van der Waals surface area contributed by atoms with Crippen LogP contribution in [0.15, 0.2) is 66.9 Å². The Bertz CT molecular complexity index is 1110. The first-order valence-corrected chi connectivity index (χ1v) is 13.1. The summed E-state index contributed by atoms with van der Waals surface area (Å²) in [5.41, 5.74) is 5.04. The van der Waals surface area contributed by atoms with E-state index in [1.54, 1.807) is 6.07 Å². The Balaban J connectivity index is 1.69. The lowest BCUT2D eigenvalue weighted by Gasteiger charge is -2.14. The Hall–Kier alpha value is -1.98. The molecule has 0 amide bonds. The van der Waals surface area contributed by atoms with Crippen LogP contribution in [0.3, 0.4) is 0 Å². The predicted octanol–water partition coefficient (Wildman–Crippen LogP) is 6.78. The minimum Gasteiger partial charge on any atom is -0.486 e. The highest BCUT2D eigenvalue weighted by Crippen LogP contribution is 2.34. The van der Waals surface area contributed by atoms with E-state index in [0.29, 0.717) is 18.7 Å². The van der Waals surface area contributed by atoms with Gasteiger partial charge in [0.05, 0.1) is 18.1 Å². The van der Waals surface area contributed by atoms with E-state index in [1.165, 1.54) is 0 Å². The smallest absolute Gasteiger partial charge is 0.165 e. The van der Waals surface area contributed by atoms with Gasteiger partial charge in [-0.3, -0.25) is 0 Å². The SMILES string of the molecule is CCc1cc(OCc2ccccc2)c(F)cc1-c1ccc2cnn(PI)c2c1. The molecule has 0 N–H and O–H groups in total. The fourth-order valence-electron chi connectivity index (χ4n) is 3.26. The topological polar surface area (TPSA) is 27.1 Å². The van der Waals surface area contributed by atoms with Gasteiger partial charge in [0.2, 0.25) is 0 Å². The van der Waals surface area contributed by atoms with Crippen LogP contribution in [-0.4, -0.2) is 9.55 Å². The molecule has 28 heavy (non-hydrogen) atoms. The van der Waals surface area contributed by atoms with Gasteiger partial charge in [0.15, 0.2) is 11.6 Å². The minimum atomic E-state index is -0.340. The zero-order valence-electron chi connectivity index (χ0n) is 15.3. The molecule has 0 bridgehead atoms. The number of rotatable bonds is 6. The van der Waals surface area contributed by atoms with Crippen LogP contribution in [0.25, 0.3) is 22.0 Å². The van der Waals surface area contributed by atoms with Gasteiger partial charge < -0.3 is 4.74 Å². The summed E-state index contributed by atoms with van der Waals surface area (Å²) in [4.78, 5) is 0. The number of hydrogen-bond acceptors (Lipinski definition) is 2. The number of benzene rings is 3. The average Bonchev–Trinajstić information content (AvgIpc) is 3.15. The van der Waals surface area contributed by atoms with Crippen molar-refractivity contribution in [2.75, 3.05) is 0 Å². The second kappa shape index (κ2) is 8.58. The number of halogens is 2. The van der Waals surface area contributed by atoms with E-state index >= 15 is 0 Å². The van der Waals surface area contributed by atoms with E-state index in [1.807, 2.05) is 59.2 Å². The molecule has 0 aliphatic rings. The van der Waals surface area contributed by atoms with E-state index in [9.17, 15) is 4.39 Å². The first-order chi connectivity index (χ1) is 13.7. The summed E-state index contributed by atoms with van der Waals surface area (Å²) < 4.78 is 22.5. The van der Waals surface area contributed by atoms with E-state index in [-0.39, 0.29) is 5.82 Å². The lowest BCUT2D eigenvalue weighted by Crippen LogP contribution is -2.00. The molecule has 1 unspecified atom stereocenters. The first-order valence-electron chi connectivity index (χ1n) is 9.03. The normalized spacial score (nSPS) is 11.5. The summed E-state index contributed by atoms with van der Waals surface area (Å²) in [6, 6.07) is 19.4. The lowest BCUT2D eigenvalue weighted by atomic mass is 9.97. The van der Waals surface area contributed by atoms with Crippen LogP contribution >= 0.6 is 28.4 Å². The van der Waals surface area contributed by atoms with Gasteiger partial charge in [-0.05, 0) is 68.9 Å². The van der Waals surface area contributed by atoms with Crippen molar-refractivity contribution in [3.05, 3.63) is 83.8 Å². The summed E-state index contributed by atoms with van der Waals surface area (Å²) in [5.74, 6) is -0.0446. The number of aryl methyl sites for hydroxylation is 1. The standard InChI is InChI=1S/C22H19FIN2OP/c1-2-16-11-22(27-14-15-6-4-3-5-7-15)20(23)12-19(16)17-8-9-18-13-25-26(28-24)21(18)10-17/h3-13,28H,2,14H2,1H3. The van der Waals surface area contributed by atoms with Gasteiger partial charge in [0.1, 0.15) is 6.61 Å². The average molecular weight is 504 g/mol. The Morgan fingerprint density at radius 1 is 1.11 bits per heavy atom. The van der Waals surface area contributed by atoms with Gasteiger partial charge in [-0.1, -0.05) is 49.4 Å². The number of hydrogen-bond donors (Lipinski definition) is 0. The molecule has 4 rings (SSSR count). The molecule has 0 fully saturated rings. The van der Waals surface area contributed by atoms with Gasteiger partial charge in [0, 0.05) is 5.39 Å². The van der Waals surface area contributed by atoms with Crippen LogP contribution < -0.4 is 4.74 Å². The van der Waals surface area contributed by atoms with Crippen molar-refractivity contribution >= 4 is 39.3 Å². The summed E-state index contributed by atoms with van der Waals surface area (Å²) in [6.07, 6.45) is 3.18. The molecule has 3 nitrogen and oxygen atoms in total. The molecule has 1 heterocycles. The Morgan fingerprint density at radius 3 is 2.68 bits per heavy atom. The van der Waals surface area contributed by atoms with Crippen molar-refractivity contribution < 1.29 is 9.13 Å². The third-order valence-corrected chi connectivity index (χ3v) is 6.63. The van der Waals surface area contributed by atoms with Crippen LogP contribution in [0.4, 0.5) is 4.39 Å². The maximum Gasteiger partial charge on any atom is 0.165 e. The number of aromatic nitrogens is 2. The van der Waals surface area contributed by atoms with Crippen LogP contribution in [0.1, 0.15) is 18.1 Å². The van der Waals surface area contributed by atoms with E-state index < -0.39 is 0 Å². The molecule has 1 aromatic heterocycles. The summed E-state index contributed by atoms with van der Waals surface area (Å²) >= 11 is 2.31. The Kier molecular flexibility index (Phi) is 5.93. The molecule has 6 heteroatoms. The van der Waals surface area contributed by atoms with E-state index in [4.69, 9.17) is 4.74 Å². The number of nitrogens with zero attached hydrogens (tertiary/aromatic N) is 2. The molecule has 0 saturated carbocycles. The molecular formula is C22H19FIN2OP. The van der Waals surface area contributed by atoms with Gasteiger partial charge in [-0.15, -0.1) is 0 Å². The monoisotopic (exact) mass is 504 g/mol. The molecule has 0 aliphatic carbocycles. The lowest BCUT2D eigenvalue weighted by molar-refractivity contribution is 0.290. The Morgan fingerprint density at radius 2 is 1.93 bits per heavy atom. The second-order valence-corrected chi connectivity index (χ2v) is 8.52. The van der Waals surface area contributed by atoms with E-state index in [0.717, 1.165) is 39.6 Å². The van der Waals surface area contributed by atoms with Crippen LogP contribution in [-0.2, 0) is 13.0 Å². The molecule has 4 aromatic rings. The third-order valence-electron chi connectivity index (χ3n) is 4.74. The third kappa shape index (κ3) is 3.91. The maximum absolute atomic E-state index is 14.8. The van der Waals surface area contributed by atoms with Crippen LogP contribution in [0, 0.1) is 5.82 Å². The molecule has 1 atom stereocenters. The fraction of sp³-hybridized carbons (Fsp3) is 0.136. The summed E-state index contributed by atoms with van der Waals surface area (Å²) in [6.45, 7) is 2.43. The number of ether oxygens (including phenoxy) is 1. The van der Waals surface area contributed by atoms with Gasteiger partial charge >= 0.3 is 0 Å². The zero-order valence-corrected chi connectivity index (χ0v) is 18.5. The van der Waals surface area contributed by atoms with Gasteiger partial charge in [0.25, 0.3) is 0 Å². The minimum absolute atomic E-state index is 0.296. The zero-order chi connectivity index (χ0) is 19.5. The molecular weight excluding hydrogens is 485 g/mol. The number of fused-ring (bicyclic) bond motifs is 1. The maximum atomic E-state index is 14.8. The molecule has 0 aliphatic heterocycles. The van der Waals surface area contributed by atoms with Crippen molar-refractivity contribution in [3.63, 3.8) is 0 Å². The highest BCUT2D eigenvalue weighted by Gasteiger charge is 2.13. The second-order valence-electron chi connectivity index (χ2n) is 6.48. The largest absolute Gasteiger partial charge is 0.486 e. The van der Waals surface area contributed by atoms with Gasteiger partial charge in [-0.2, -0.15) is 5.10 Å². The summed E-state index contributed by atoms with van der Waals surface area (Å²) in [7, 11) is 0.